The van der Waals surface area contributed by atoms with Gasteiger partial charge < -0.3 is 10.1 Å². The molecule has 3 heteroatoms. The Hall–Kier alpha value is -0.570. The summed E-state index contributed by atoms with van der Waals surface area (Å²) in [5, 5.41) is 3.49. The molecule has 0 radical (unpaired) electrons. The van der Waals surface area contributed by atoms with Gasteiger partial charge in [-0.05, 0) is 24.7 Å². The van der Waals surface area contributed by atoms with E-state index >= 15 is 0 Å². The molecule has 1 aliphatic heterocycles. The lowest BCUT2D eigenvalue weighted by atomic mass is 9.78. The number of esters is 1. The minimum absolute atomic E-state index is 0.0435. The van der Waals surface area contributed by atoms with E-state index in [1.807, 2.05) is 0 Å². The summed E-state index contributed by atoms with van der Waals surface area (Å²) in [6.07, 6.45) is 4.73. The minimum Gasteiger partial charge on any atom is -0.464 e. The molecule has 1 saturated heterocycles. The van der Waals surface area contributed by atoms with Crippen molar-refractivity contribution in [3.8, 4) is 0 Å². The summed E-state index contributed by atoms with van der Waals surface area (Å²) in [5.74, 6) is 1.31. The first-order chi connectivity index (χ1) is 7.18. The maximum absolute atomic E-state index is 11.4. The van der Waals surface area contributed by atoms with Crippen molar-refractivity contribution in [3.05, 3.63) is 0 Å². The molecule has 1 saturated carbocycles. The summed E-state index contributed by atoms with van der Waals surface area (Å²) < 4.78 is 4.98. The maximum atomic E-state index is 11.4. The first kappa shape index (κ1) is 10.9. The van der Waals surface area contributed by atoms with Crippen molar-refractivity contribution in [1.82, 2.24) is 5.32 Å². The standard InChI is InChI=1S/C12H21NO2/c1-8-4-3-5-9(2)11(8)13-10-6-7-15-12(10)14/h8-11,13H,3-7H2,1-2H3/t8-,9+,10?,11?. The number of ether oxygens (including phenoxy) is 1. The van der Waals surface area contributed by atoms with E-state index in [0.29, 0.717) is 24.5 Å². The smallest absolute Gasteiger partial charge is 0.323 e. The molecule has 15 heavy (non-hydrogen) atoms. The molecule has 2 fully saturated rings. The number of rotatable bonds is 2. The fourth-order valence-corrected chi connectivity index (χ4v) is 2.89. The lowest BCUT2D eigenvalue weighted by Crippen LogP contribution is -2.49. The van der Waals surface area contributed by atoms with Crippen LogP contribution in [0.25, 0.3) is 0 Å². The Kier molecular flexibility index (Phi) is 3.29. The van der Waals surface area contributed by atoms with E-state index in [4.69, 9.17) is 4.74 Å². The number of hydrogen-bond donors (Lipinski definition) is 1. The molecule has 2 unspecified atom stereocenters. The summed E-state index contributed by atoms with van der Waals surface area (Å²) in [6.45, 7) is 5.16. The predicted molar refractivity (Wildman–Crippen MR) is 58.5 cm³/mol. The Balaban J connectivity index is 1.93. The van der Waals surface area contributed by atoms with E-state index in [-0.39, 0.29) is 12.0 Å². The fourth-order valence-electron chi connectivity index (χ4n) is 2.89. The van der Waals surface area contributed by atoms with Crippen molar-refractivity contribution in [2.24, 2.45) is 11.8 Å². The molecule has 0 spiro atoms. The number of cyclic esters (lactones) is 1. The van der Waals surface area contributed by atoms with Crippen LogP contribution in [0.1, 0.15) is 39.5 Å². The molecule has 1 aliphatic carbocycles. The van der Waals surface area contributed by atoms with Gasteiger partial charge in [0.05, 0.1) is 6.61 Å². The number of carbonyl (C=O) groups excluding carboxylic acids is 1. The van der Waals surface area contributed by atoms with Crippen LogP contribution in [0.2, 0.25) is 0 Å². The Bertz CT molecular complexity index is 232. The van der Waals surface area contributed by atoms with Crippen LogP contribution >= 0.6 is 0 Å². The van der Waals surface area contributed by atoms with Gasteiger partial charge in [-0.1, -0.05) is 20.3 Å². The van der Waals surface area contributed by atoms with E-state index in [1.54, 1.807) is 0 Å². The lowest BCUT2D eigenvalue weighted by molar-refractivity contribution is -0.140. The molecule has 0 bridgehead atoms. The van der Waals surface area contributed by atoms with Crippen LogP contribution in [0.4, 0.5) is 0 Å². The number of nitrogens with one attached hydrogen (secondary N) is 1. The van der Waals surface area contributed by atoms with Gasteiger partial charge in [-0.15, -0.1) is 0 Å². The first-order valence-corrected chi connectivity index (χ1v) is 6.11. The quantitative estimate of drug-likeness (QED) is 0.707. The maximum Gasteiger partial charge on any atom is 0.323 e. The lowest BCUT2D eigenvalue weighted by Gasteiger charge is -2.36. The average Bonchev–Trinajstić information content (AvgIpc) is 2.58. The van der Waals surface area contributed by atoms with Crippen molar-refractivity contribution in [2.45, 2.75) is 51.6 Å². The third-order valence-electron chi connectivity index (χ3n) is 3.87. The normalized spacial score (nSPS) is 41.6. The molecular formula is C12H21NO2. The molecule has 3 nitrogen and oxygen atoms in total. The summed E-state index contributed by atoms with van der Waals surface area (Å²) in [7, 11) is 0. The summed E-state index contributed by atoms with van der Waals surface area (Å²) in [4.78, 5) is 11.4. The monoisotopic (exact) mass is 211 g/mol. The van der Waals surface area contributed by atoms with Gasteiger partial charge in [0.1, 0.15) is 6.04 Å². The van der Waals surface area contributed by atoms with Gasteiger partial charge in [-0.3, -0.25) is 4.79 Å². The molecular weight excluding hydrogens is 190 g/mol. The molecule has 1 N–H and O–H groups in total. The van der Waals surface area contributed by atoms with Crippen molar-refractivity contribution < 1.29 is 9.53 Å². The van der Waals surface area contributed by atoms with Gasteiger partial charge in [-0.25, -0.2) is 0 Å². The Morgan fingerprint density at radius 2 is 1.87 bits per heavy atom. The van der Waals surface area contributed by atoms with Gasteiger partial charge in [0.2, 0.25) is 0 Å². The highest BCUT2D eigenvalue weighted by Crippen LogP contribution is 2.29. The second-order valence-corrected chi connectivity index (χ2v) is 5.09. The van der Waals surface area contributed by atoms with E-state index in [0.717, 1.165) is 6.42 Å². The molecule has 2 aliphatic rings. The molecule has 4 atom stereocenters. The van der Waals surface area contributed by atoms with E-state index in [2.05, 4.69) is 19.2 Å². The molecule has 0 aromatic rings. The highest BCUT2D eigenvalue weighted by molar-refractivity contribution is 5.77. The van der Waals surface area contributed by atoms with Gasteiger partial charge in [-0.2, -0.15) is 0 Å². The Morgan fingerprint density at radius 1 is 1.20 bits per heavy atom. The van der Waals surface area contributed by atoms with E-state index < -0.39 is 0 Å². The third-order valence-corrected chi connectivity index (χ3v) is 3.87. The van der Waals surface area contributed by atoms with Crippen LogP contribution in [0.3, 0.4) is 0 Å². The van der Waals surface area contributed by atoms with Crippen LogP contribution in [-0.4, -0.2) is 24.7 Å². The number of hydrogen-bond acceptors (Lipinski definition) is 3. The second-order valence-electron chi connectivity index (χ2n) is 5.09. The van der Waals surface area contributed by atoms with Crippen molar-refractivity contribution in [3.63, 3.8) is 0 Å². The number of carbonyl (C=O) groups is 1. The van der Waals surface area contributed by atoms with Crippen LogP contribution in [-0.2, 0) is 9.53 Å². The molecule has 86 valence electrons. The zero-order valence-electron chi connectivity index (χ0n) is 9.66. The van der Waals surface area contributed by atoms with Gasteiger partial charge in [0, 0.05) is 12.5 Å². The Labute approximate surface area is 91.6 Å². The molecule has 0 amide bonds. The van der Waals surface area contributed by atoms with Crippen LogP contribution in [0.5, 0.6) is 0 Å². The zero-order chi connectivity index (χ0) is 10.8. The van der Waals surface area contributed by atoms with E-state index in [1.165, 1.54) is 19.3 Å². The molecule has 1 heterocycles. The highest BCUT2D eigenvalue weighted by atomic mass is 16.5. The topological polar surface area (TPSA) is 38.3 Å². The molecule has 0 aromatic heterocycles. The van der Waals surface area contributed by atoms with E-state index in [9.17, 15) is 4.79 Å². The van der Waals surface area contributed by atoms with Gasteiger partial charge >= 0.3 is 5.97 Å². The molecule has 2 rings (SSSR count). The zero-order valence-corrected chi connectivity index (χ0v) is 9.66. The molecule has 0 aromatic carbocycles. The van der Waals surface area contributed by atoms with Crippen LogP contribution < -0.4 is 5.32 Å². The van der Waals surface area contributed by atoms with Gasteiger partial charge in [0.25, 0.3) is 0 Å². The minimum atomic E-state index is -0.0556. The average molecular weight is 211 g/mol. The highest BCUT2D eigenvalue weighted by Gasteiger charge is 2.34. The third kappa shape index (κ3) is 2.33. The Morgan fingerprint density at radius 3 is 2.40 bits per heavy atom. The first-order valence-electron chi connectivity index (χ1n) is 6.11. The largest absolute Gasteiger partial charge is 0.464 e. The fraction of sp³-hybridized carbons (Fsp3) is 0.917. The second kappa shape index (κ2) is 4.52. The van der Waals surface area contributed by atoms with Crippen LogP contribution in [0, 0.1) is 11.8 Å². The van der Waals surface area contributed by atoms with Crippen molar-refractivity contribution in [1.29, 1.82) is 0 Å². The summed E-state index contributed by atoms with van der Waals surface area (Å²) in [5.41, 5.74) is 0. The summed E-state index contributed by atoms with van der Waals surface area (Å²) >= 11 is 0. The van der Waals surface area contributed by atoms with Crippen molar-refractivity contribution in [2.75, 3.05) is 6.61 Å². The van der Waals surface area contributed by atoms with Gasteiger partial charge in [0.15, 0.2) is 0 Å². The SMILES string of the molecule is C[C@@H]1CCC[C@H](C)C1NC1CCOC1=O. The van der Waals surface area contributed by atoms with Crippen molar-refractivity contribution >= 4 is 5.97 Å². The van der Waals surface area contributed by atoms with Crippen LogP contribution in [0.15, 0.2) is 0 Å². The summed E-state index contributed by atoms with van der Waals surface area (Å²) in [6, 6.07) is 0.451. The predicted octanol–water partition coefficient (Wildman–Crippen LogP) is 1.72.